The minimum Gasteiger partial charge on any atom is -0.507 e. The molecule has 1 heterocycles. The van der Waals surface area contributed by atoms with Gasteiger partial charge < -0.3 is 30.1 Å². The molecule has 4 atom stereocenters. The molecular weight excluding hydrogens is 522 g/mol. The first-order chi connectivity index (χ1) is 18.9. The van der Waals surface area contributed by atoms with Crippen molar-refractivity contribution in [2.24, 2.45) is 0 Å². The van der Waals surface area contributed by atoms with Gasteiger partial charge >= 0.3 is 0 Å². The van der Waals surface area contributed by atoms with Gasteiger partial charge in [-0.05, 0) is 48.9 Å². The average Bonchev–Trinajstić information content (AvgIpc) is 3.41. The third-order valence-corrected chi connectivity index (χ3v) is 8.18. The van der Waals surface area contributed by atoms with Gasteiger partial charge in [-0.25, -0.2) is 0 Å². The van der Waals surface area contributed by atoms with Crippen molar-refractivity contribution >= 4 is 33.9 Å². The first kappa shape index (κ1) is 25.8. The molecule has 4 unspecified atom stereocenters. The number of fused-ring (bicyclic) bond motifs is 5. The van der Waals surface area contributed by atoms with Crippen LogP contribution < -0.4 is 5.56 Å². The second kappa shape index (κ2) is 8.52. The molecule has 3 aliphatic rings. The highest BCUT2D eigenvalue weighted by atomic mass is 16.5. The number of Topliss-reactive ketones (excluding diaryl/α,β-unsaturated/α-hetero) is 3. The molecule has 204 valence electrons. The number of carbonyl (C=O) groups is 4. The number of aliphatic hydroxyl groups is 3. The normalized spacial score (nSPS) is 21.8. The first-order valence-corrected chi connectivity index (χ1v) is 12.5. The van der Waals surface area contributed by atoms with Crippen LogP contribution in [0.4, 0.5) is 0 Å². The number of hydrogen-bond donors (Lipinski definition) is 5. The monoisotopic (exact) mass is 545 g/mol. The van der Waals surface area contributed by atoms with E-state index in [4.69, 9.17) is 4.74 Å². The summed E-state index contributed by atoms with van der Waals surface area (Å²) in [5.74, 6) is -3.22. The molecule has 2 aromatic carbocycles. The highest BCUT2D eigenvalue weighted by molar-refractivity contribution is 6.36. The number of hydrogen-bond acceptors (Lipinski definition) is 10. The molecule has 0 saturated heterocycles. The predicted octanol–water partition coefficient (Wildman–Crippen LogP) is 1.18. The van der Waals surface area contributed by atoms with Gasteiger partial charge in [-0.2, -0.15) is 0 Å². The van der Waals surface area contributed by atoms with Gasteiger partial charge in [0, 0.05) is 33.9 Å². The van der Waals surface area contributed by atoms with Crippen molar-refractivity contribution in [3.63, 3.8) is 0 Å². The van der Waals surface area contributed by atoms with E-state index in [1.807, 2.05) is 0 Å². The van der Waals surface area contributed by atoms with E-state index in [0.717, 1.165) is 6.08 Å². The van der Waals surface area contributed by atoms with E-state index in [0.29, 0.717) is 5.56 Å². The lowest BCUT2D eigenvalue weighted by molar-refractivity contribution is -0.0547. The van der Waals surface area contributed by atoms with E-state index in [2.05, 4.69) is 4.98 Å². The minimum absolute atomic E-state index is 0.0131. The Morgan fingerprint density at radius 1 is 0.925 bits per heavy atom. The van der Waals surface area contributed by atoms with Crippen LogP contribution in [0, 0.1) is 0 Å². The number of phenols is 1. The summed E-state index contributed by atoms with van der Waals surface area (Å²) in [5, 5.41) is 41.4. The fourth-order valence-electron chi connectivity index (χ4n) is 6.15. The van der Waals surface area contributed by atoms with Crippen molar-refractivity contribution in [2.45, 2.75) is 43.5 Å². The van der Waals surface area contributed by atoms with Gasteiger partial charge in [-0.3, -0.25) is 24.0 Å². The van der Waals surface area contributed by atoms with Gasteiger partial charge in [0.1, 0.15) is 23.4 Å². The van der Waals surface area contributed by atoms with E-state index in [-0.39, 0.29) is 62.9 Å². The number of carbonyl (C=O) groups excluding carboxylic acids is 4. The van der Waals surface area contributed by atoms with Crippen molar-refractivity contribution in [3.05, 3.63) is 85.5 Å². The van der Waals surface area contributed by atoms with Crippen molar-refractivity contribution in [2.75, 3.05) is 7.11 Å². The van der Waals surface area contributed by atoms with Gasteiger partial charge in [-0.1, -0.05) is 6.07 Å². The summed E-state index contributed by atoms with van der Waals surface area (Å²) >= 11 is 0. The van der Waals surface area contributed by atoms with Crippen LogP contribution in [0.15, 0.2) is 40.9 Å². The molecule has 0 saturated carbocycles. The first-order valence-electron chi connectivity index (χ1n) is 12.5. The molecule has 3 aliphatic carbocycles. The number of ether oxygens (including phenoxy) is 1. The number of methoxy groups -OCH3 is 1. The van der Waals surface area contributed by atoms with Crippen molar-refractivity contribution in [1.82, 2.24) is 4.98 Å². The number of aromatic hydroxyl groups is 1. The zero-order valence-corrected chi connectivity index (χ0v) is 21.3. The Morgan fingerprint density at radius 3 is 2.20 bits per heavy atom. The van der Waals surface area contributed by atoms with Gasteiger partial charge in [0.05, 0.1) is 24.3 Å². The summed E-state index contributed by atoms with van der Waals surface area (Å²) in [7, 11) is 1.24. The van der Waals surface area contributed by atoms with E-state index >= 15 is 0 Å². The third-order valence-electron chi connectivity index (χ3n) is 8.18. The van der Waals surface area contributed by atoms with Crippen LogP contribution >= 0.6 is 0 Å². The minimum atomic E-state index is -1.85. The molecular formula is C29H23NO10. The van der Waals surface area contributed by atoms with E-state index in [1.54, 1.807) is 0 Å². The Balaban J connectivity index is 1.51. The Hall–Kier alpha value is -4.45. The van der Waals surface area contributed by atoms with Crippen LogP contribution in [0.2, 0.25) is 0 Å². The number of H-pyrrole nitrogens is 1. The average molecular weight is 546 g/mol. The summed E-state index contributed by atoms with van der Waals surface area (Å²) in [6, 6.07) is 5.33. The Labute approximate surface area is 225 Å². The summed E-state index contributed by atoms with van der Waals surface area (Å²) in [6.45, 7) is 1.27. The third kappa shape index (κ3) is 3.19. The number of allylic oxidation sites excluding steroid dienone is 2. The molecule has 0 radical (unpaired) electrons. The van der Waals surface area contributed by atoms with Crippen LogP contribution in [-0.4, -0.2) is 67.9 Å². The summed E-state index contributed by atoms with van der Waals surface area (Å²) in [5.41, 5.74) is -2.58. The molecule has 1 spiro atoms. The quantitative estimate of drug-likeness (QED) is 0.298. The van der Waals surface area contributed by atoms with Gasteiger partial charge in [0.15, 0.2) is 23.1 Å². The van der Waals surface area contributed by atoms with Crippen LogP contribution in [0.25, 0.3) is 10.8 Å². The van der Waals surface area contributed by atoms with Crippen molar-refractivity contribution in [3.8, 4) is 5.75 Å². The summed E-state index contributed by atoms with van der Waals surface area (Å²) in [6.07, 6.45) is -3.31. The Bertz CT molecular complexity index is 1810. The SMILES string of the molecule is COC1=CC(=O)c2cc3c(cc2C1=O)C(=O)C1(CCc2cc4cc(C(O)C(O)C(C)O)[nH]c(=O)c4c(O)c21)C3=O. The molecule has 11 heteroatoms. The van der Waals surface area contributed by atoms with Crippen molar-refractivity contribution < 1.29 is 44.3 Å². The smallest absolute Gasteiger partial charge is 0.259 e. The second-order valence-corrected chi connectivity index (χ2v) is 10.4. The zero-order chi connectivity index (χ0) is 28.8. The van der Waals surface area contributed by atoms with Crippen molar-refractivity contribution in [1.29, 1.82) is 0 Å². The second-order valence-electron chi connectivity index (χ2n) is 10.4. The molecule has 11 nitrogen and oxygen atoms in total. The van der Waals surface area contributed by atoms with Crippen LogP contribution in [0.5, 0.6) is 5.75 Å². The van der Waals surface area contributed by atoms with E-state index in [1.165, 1.54) is 38.3 Å². The molecule has 1 aromatic heterocycles. The molecule has 5 N–H and O–H groups in total. The largest absolute Gasteiger partial charge is 0.507 e. The van der Waals surface area contributed by atoms with Gasteiger partial charge in [-0.15, -0.1) is 0 Å². The van der Waals surface area contributed by atoms with Crippen LogP contribution in [-0.2, 0) is 16.6 Å². The molecule has 3 aromatic rings. The Morgan fingerprint density at radius 2 is 1.57 bits per heavy atom. The maximum atomic E-state index is 13.9. The number of ketones is 4. The number of aromatic nitrogens is 1. The lowest BCUT2D eigenvalue weighted by Gasteiger charge is -2.23. The number of nitrogens with one attached hydrogen (secondary N) is 1. The maximum absolute atomic E-state index is 13.9. The molecule has 0 fully saturated rings. The van der Waals surface area contributed by atoms with Crippen LogP contribution in [0.3, 0.4) is 0 Å². The van der Waals surface area contributed by atoms with Crippen LogP contribution in [0.1, 0.15) is 77.7 Å². The summed E-state index contributed by atoms with van der Waals surface area (Å²) < 4.78 is 4.98. The number of benzene rings is 2. The standard InChI is InChI=1S/C29H23NO10/c1-10(31)22(33)24(35)17-6-12-5-11-3-4-29(21(11)25(36)20(12)28(39)30-17)26(37)15-7-13-14(8-16(15)27(29)38)23(34)19(40-2)9-18(13)32/h5-10,22,24,31,33,35-36H,3-4H2,1-2H3,(H,30,39). The topological polar surface area (TPSA) is 191 Å². The molecule has 6 rings (SSSR count). The van der Waals surface area contributed by atoms with E-state index < -0.39 is 58.2 Å². The Kier molecular flexibility index (Phi) is 5.50. The predicted molar refractivity (Wildman–Crippen MR) is 138 cm³/mol. The fraction of sp³-hybridized carbons (Fsp3) is 0.276. The van der Waals surface area contributed by atoms with E-state index in [9.17, 15) is 44.4 Å². The van der Waals surface area contributed by atoms with Gasteiger partial charge in [0.2, 0.25) is 5.78 Å². The zero-order valence-electron chi connectivity index (χ0n) is 21.3. The highest BCUT2D eigenvalue weighted by Crippen LogP contribution is 2.53. The molecule has 40 heavy (non-hydrogen) atoms. The lowest BCUT2D eigenvalue weighted by atomic mass is 9.76. The number of aromatic amines is 1. The number of rotatable bonds is 4. The molecule has 0 aliphatic heterocycles. The highest BCUT2D eigenvalue weighted by Gasteiger charge is 2.59. The number of pyridine rings is 1. The maximum Gasteiger partial charge on any atom is 0.259 e. The number of aryl methyl sites for hydroxylation is 1. The lowest BCUT2D eigenvalue weighted by Crippen LogP contribution is -2.36. The molecule has 0 bridgehead atoms. The summed E-state index contributed by atoms with van der Waals surface area (Å²) in [4.78, 5) is 68.8. The fourth-order valence-corrected chi connectivity index (χ4v) is 6.15. The number of aliphatic hydroxyl groups excluding tert-OH is 3. The molecule has 0 amide bonds. The van der Waals surface area contributed by atoms with Gasteiger partial charge in [0.25, 0.3) is 5.56 Å². The number of phenolic OH excluding ortho intramolecular Hbond substituents is 1.